The quantitative estimate of drug-likeness (QED) is 0.831. The van der Waals surface area contributed by atoms with E-state index in [9.17, 15) is 13.2 Å². The van der Waals surface area contributed by atoms with Gasteiger partial charge in [-0.15, -0.1) is 0 Å². The second kappa shape index (κ2) is 5.52. The molecule has 0 spiro atoms. The first-order valence-electron chi connectivity index (χ1n) is 3.73. The summed E-state index contributed by atoms with van der Waals surface area (Å²) in [5.74, 6) is 0.320. The Morgan fingerprint density at radius 1 is 1.33 bits per heavy atom. The van der Waals surface area contributed by atoms with Crippen LogP contribution in [0.5, 0.6) is 5.75 Å². The predicted molar refractivity (Wildman–Crippen MR) is 58.3 cm³/mol. The number of amides is 1. The van der Waals surface area contributed by atoms with Crippen molar-refractivity contribution >= 4 is 37.8 Å². The molecule has 0 bridgehead atoms. The molecule has 0 saturated heterocycles. The molecule has 0 saturated carbocycles. The highest BCUT2D eigenvalue weighted by Gasteiger charge is 2.01. The Kier molecular flexibility index (Phi) is 4.32. The number of nitrogens with one attached hydrogen (secondary N) is 1. The Morgan fingerprint density at radius 3 is 2.47 bits per heavy atom. The molecular formula is C8H6BrNO4S. The van der Waals surface area contributed by atoms with Crippen LogP contribution in [0.25, 0.3) is 0 Å². The molecule has 0 radical (unpaired) electrons. The van der Waals surface area contributed by atoms with Gasteiger partial charge in [0, 0.05) is 4.47 Å². The van der Waals surface area contributed by atoms with Gasteiger partial charge >= 0.3 is 6.09 Å². The molecule has 0 aliphatic rings. The van der Waals surface area contributed by atoms with Crippen LogP contribution in [0.2, 0.25) is 0 Å². The zero-order chi connectivity index (χ0) is 11.3. The van der Waals surface area contributed by atoms with Crippen LogP contribution in [0.1, 0.15) is 0 Å². The maximum Gasteiger partial charge on any atom is 0.417 e. The first-order valence-corrected chi connectivity index (χ1v) is 5.66. The van der Waals surface area contributed by atoms with E-state index in [0.717, 1.165) is 4.47 Å². The third-order valence-corrected chi connectivity index (χ3v) is 2.14. The largest absolute Gasteiger partial charge is 0.417 e. The Hall–Kier alpha value is -1.34. The molecule has 0 aromatic heterocycles. The highest BCUT2D eigenvalue weighted by atomic mass is 79.9. The molecule has 1 aromatic carbocycles. The van der Waals surface area contributed by atoms with Crippen molar-refractivity contribution in [3.63, 3.8) is 0 Å². The summed E-state index contributed by atoms with van der Waals surface area (Å²) < 4.78 is 25.7. The average Bonchev–Trinajstić information content (AvgIpc) is 2.19. The maximum absolute atomic E-state index is 11.0. The number of hydrogen-bond acceptors (Lipinski definition) is 4. The zero-order valence-electron chi connectivity index (χ0n) is 7.31. The fourth-order valence-corrected chi connectivity index (χ4v) is 1.19. The molecule has 15 heavy (non-hydrogen) atoms. The van der Waals surface area contributed by atoms with Crippen molar-refractivity contribution in [3.05, 3.63) is 28.7 Å². The predicted octanol–water partition coefficient (Wildman–Crippen LogP) is 1.18. The lowest BCUT2D eigenvalue weighted by atomic mass is 10.3. The Morgan fingerprint density at radius 2 is 1.93 bits per heavy atom. The normalized spacial score (nSPS) is 9.13. The minimum absolute atomic E-state index is 0.320. The van der Waals surface area contributed by atoms with Crippen LogP contribution in [0, 0.1) is 0 Å². The highest BCUT2D eigenvalue weighted by Crippen LogP contribution is 2.15. The van der Waals surface area contributed by atoms with Crippen molar-refractivity contribution in [2.24, 2.45) is 0 Å². The van der Waals surface area contributed by atoms with Crippen LogP contribution < -0.4 is 10.1 Å². The number of ether oxygens (including phenoxy) is 1. The van der Waals surface area contributed by atoms with Crippen LogP contribution in [-0.4, -0.2) is 20.0 Å². The van der Waals surface area contributed by atoms with Crippen LogP contribution in [0.3, 0.4) is 0 Å². The van der Waals surface area contributed by atoms with Crippen molar-refractivity contribution < 1.29 is 17.9 Å². The van der Waals surface area contributed by atoms with Gasteiger partial charge in [-0.05, 0) is 24.3 Å². The Bertz CT molecular complexity index is 472. The van der Waals surface area contributed by atoms with Crippen molar-refractivity contribution in [2.45, 2.75) is 0 Å². The first kappa shape index (κ1) is 11.7. The van der Waals surface area contributed by atoms with Gasteiger partial charge in [0.15, 0.2) is 0 Å². The molecule has 0 atom stereocenters. The Labute approximate surface area is 95.7 Å². The lowest BCUT2D eigenvalue weighted by Gasteiger charge is -2.01. The number of benzene rings is 1. The monoisotopic (exact) mass is 291 g/mol. The van der Waals surface area contributed by atoms with Crippen LogP contribution in [-0.2, 0) is 10.3 Å². The second-order valence-electron chi connectivity index (χ2n) is 2.37. The van der Waals surface area contributed by atoms with E-state index in [1.165, 1.54) is 0 Å². The van der Waals surface area contributed by atoms with Gasteiger partial charge in [0.1, 0.15) is 11.2 Å². The maximum atomic E-state index is 11.0. The third-order valence-electron chi connectivity index (χ3n) is 1.30. The number of carbonyl (C=O) groups is 1. The molecule has 5 nitrogen and oxygen atoms in total. The van der Waals surface area contributed by atoms with E-state index in [1.54, 1.807) is 24.3 Å². The Balaban J connectivity index is 2.59. The van der Waals surface area contributed by atoms with E-state index in [0.29, 0.717) is 11.2 Å². The SMILES string of the molecule is O=C(NC=S(=O)=O)Oc1ccc(Br)cc1. The molecule has 1 rings (SSSR count). The first-order chi connectivity index (χ1) is 7.08. The van der Waals surface area contributed by atoms with Gasteiger partial charge in [-0.1, -0.05) is 15.9 Å². The van der Waals surface area contributed by atoms with E-state index < -0.39 is 16.4 Å². The summed E-state index contributed by atoms with van der Waals surface area (Å²) in [5.41, 5.74) is 0.598. The van der Waals surface area contributed by atoms with E-state index in [-0.39, 0.29) is 0 Å². The molecule has 1 N–H and O–H groups in total. The zero-order valence-corrected chi connectivity index (χ0v) is 9.71. The van der Waals surface area contributed by atoms with Crippen molar-refractivity contribution in [3.8, 4) is 5.75 Å². The average molecular weight is 292 g/mol. The minimum atomic E-state index is -2.44. The molecular weight excluding hydrogens is 286 g/mol. The number of rotatable bonds is 2. The third kappa shape index (κ3) is 4.61. The van der Waals surface area contributed by atoms with E-state index >= 15 is 0 Å². The van der Waals surface area contributed by atoms with Gasteiger partial charge < -0.3 is 4.74 Å². The summed E-state index contributed by atoms with van der Waals surface area (Å²) in [5, 5.41) is 1.93. The fourth-order valence-electron chi connectivity index (χ4n) is 0.735. The van der Waals surface area contributed by atoms with E-state index in [1.807, 2.05) is 5.32 Å². The summed E-state index contributed by atoms with van der Waals surface area (Å²) in [7, 11) is -2.44. The fraction of sp³-hybridized carbons (Fsp3) is 0. The van der Waals surface area contributed by atoms with Gasteiger partial charge in [0.25, 0.3) is 0 Å². The van der Waals surface area contributed by atoms with Crippen molar-refractivity contribution in [2.75, 3.05) is 0 Å². The second-order valence-corrected chi connectivity index (χ2v) is 4.04. The number of halogens is 1. The van der Waals surface area contributed by atoms with Crippen molar-refractivity contribution in [1.29, 1.82) is 0 Å². The summed E-state index contributed by atoms with van der Waals surface area (Å²) in [4.78, 5) is 11.0. The van der Waals surface area contributed by atoms with Crippen LogP contribution in [0.4, 0.5) is 4.79 Å². The molecule has 0 aliphatic heterocycles. The van der Waals surface area contributed by atoms with Gasteiger partial charge in [-0.3, -0.25) is 5.32 Å². The van der Waals surface area contributed by atoms with Crippen LogP contribution >= 0.6 is 15.9 Å². The minimum Gasteiger partial charge on any atom is -0.410 e. The van der Waals surface area contributed by atoms with Crippen molar-refractivity contribution in [1.82, 2.24) is 5.32 Å². The highest BCUT2D eigenvalue weighted by molar-refractivity contribution is 9.10. The van der Waals surface area contributed by atoms with Gasteiger partial charge in [0.05, 0.1) is 0 Å². The molecule has 1 aromatic rings. The molecule has 0 fully saturated rings. The van der Waals surface area contributed by atoms with Crippen LogP contribution in [0.15, 0.2) is 28.7 Å². The van der Waals surface area contributed by atoms with Gasteiger partial charge in [0.2, 0.25) is 10.3 Å². The molecule has 80 valence electrons. The smallest absolute Gasteiger partial charge is 0.410 e. The lowest BCUT2D eigenvalue weighted by molar-refractivity contribution is 0.206. The molecule has 0 unspecified atom stereocenters. The standard InChI is InChI=1S/C8H6BrNO4S/c9-6-1-3-7(4-2-6)14-8(11)10-5-15(12)13/h1-5H,(H,10,11). The molecule has 7 heteroatoms. The lowest BCUT2D eigenvalue weighted by Crippen LogP contribution is -2.25. The molecule has 0 heterocycles. The molecule has 1 amide bonds. The van der Waals surface area contributed by atoms with E-state index in [2.05, 4.69) is 15.9 Å². The summed E-state index contributed by atoms with van der Waals surface area (Å²) in [6.07, 6.45) is -0.860. The van der Waals surface area contributed by atoms with Gasteiger partial charge in [-0.2, -0.15) is 8.42 Å². The molecule has 0 aliphatic carbocycles. The number of carbonyl (C=O) groups excluding carboxylic acids is 1. The summed E-state index contributed by atoms with van der Waals surface area (Å²) in [6, 6.07) is 6.52. The summed E-state index contributed by atoms with van der Waals surface area (Å²) in [6.45, 7) is 0. The number of hydrogen-bond donors (Lipinski definition) is 1. The topological polar surface area (TPSA) is 72.5 Å². The van der Waals surface area contributed by atoms with E-state index in [4.69, 9.17) is 4.74 Å². The summed E-state index contributed by atoms with van der Waals surface area (Å²) >= 11 is 3.22. The van der Waals surface area contributed by atoms with Gasteiger partial charge in [-0.25, -0.2) is 4.79 Å².